The first kappa shape index (κ1) is 23.5. The Hall–Kier alpha value is -1.74. The van der Waals surface area contributed by atoms with Crippen molar-refractivity contribution >= 4 is 18.9 Å². The third kappa shape index (κ3) is 5.66. The van der Waals surface area contributed by atoms with Crippen LogP contribution in [0.2, 0.25) is 19.1 Å². The third-order valence-corrected chi connectivity index (χ3v) is 9.39. The molecule has 0 amide bonds. The number of hydrogen-bond donors (Lipinski definition) is 1. The Bertz CT molecular complexity index is 801. The van der Waals surface area contributed by atoms with E-state index in [1.807, 2.05) is 0 Å². The number of rotatable bonds is 5. The van der Waals surface area contributed by atoms with Gasteiger partial charge in [-0.05, 0) is 52.1 Å². The van der Waals surface area contributed by atoms with Crippen LogP contribution in [0.15, 0.2) is 36.4 Å². The van der Waals surface area contributed by atoms with Crippen molar-refractivity contribution in [2.24, 2.45) is 0 Å². The van der Waals surface area contributed by atoms with Gasteiger partial charge in [-0.3, -0.25) is 0 Å². The second kappa shape index (κ2) is 8.18. The largest absolute Gasteiger partial charge is 0.507 e. The van der Waals surface area contributed by atoms with Crippen LogP contribution >= 0.6 is 0 Å². The molecule has 0 unspecified atom stereocenters. The van der Waals surface area contributed by atoms with Crippen molar-refractivity contribution in [2.75, 3.05) is 19.0 Å². The molecule has 2 rings (SSSR count). The van der Waals surface area contributed by atoms with Crippen LogP contribution in [0.1, 0.15) is 58.2 Å². The van der Waals surface area contributed by atoms with Gasteiger partial charge in [0.25, 0.3) is 0 Å². The number of phenolic OH excluding ortho intramolecular Hbond substituents is 1. The Kier molecular flexibility index (Phi) is 6.64. The molecule has 0 heterocycles. The topological polar surface area (TPSA) is 23.5 Å². The van der Waals surface area contributed by atoms with Crippen LogP contribution in [-0.4, -0.2) is 27.3 Å². The molecule has 0 atom stereocenters. The molecule has 160 valence electrons. The van der Waals surface area contributed by atoms with Crippen molar-refractivity contribution in [1.82, 2.24) is 0 Å². The van der Waals surface area contributed by atoms with E-state index in [0.717, 1.165) is 17.5 Å². The maximum Gasteiger partial charge on any atom is 0.123 e. The van der Waals surface area contributed by atoms with Gasteiger partial charge in [0.15, 0.2) is 0 Å². The Morgan fingerprint density at radius 3 is 1.66 bits per heavy atom. The summed E-state index contributed by atoms with van der Waals surface area (Å²) in [6.45, 7) is 18.0. The van der Waals surface area contributed by atoms with Crippen LogP contribution in [0.5, 0.6) is 5.75 Å². The SMILES string of the molecule is CN(C)c1ccc([Si](C)(C)CCc2cc(C(C)(C)C)c(O)c(C(C)(C)C)c2)cc1. The molecule has 0 aliphatic rings. The lowest BCUT2D eigenvalue weighted by Gasteiger charge is -2.29. The first-order valence-electron chi connectivity index (χ1n) is 10.8. The quantitative estimate of drug-likeness (QED) is 0.591. The van der Waals surface area contributed by atoms with Gasteiger partial charge < -0.3 is 10.0 Å². The van der Waals surface area contributed by atoms with E-state index in [0.29, 0.717) is 5.75 Å². The number of aromatic hydroxyl groups is 1. The standard InChI is InChI=1S/C26H41NOSi/c1-25(2,3)22-17-19(18-23(24(22)28)26(4,5)6)15-16-29(9,10)21-13-11-20(12-14-21)27(7)8/h11-14,17-18,28H,15-16H2,1-10H3. The summed E-state index contributed by atoms with van der Waals surface area (Å²) in [5, 5.41) is 12.5. The minimum atomic E-state index is -1.54. The van der Waals surface area contributed by atoms with E-state index in [1.54, 1.807) is 0 Å². The van der Waals surface area contributed by atoms with Gasteiger partial charge in [0.2, 0.25) is 0 Å². The molecule has 0 spiro atoms. The molecule has 1 N–H and O–H groups in total. The van der Waals surface area contributed by atoms with Crippen molar-refractivity contribution in [3.05, 3.63) is 53.1 Å². The van der Waals surface area contributed by atoms with Crippen LogP contribution in [0.4, 0.5) is 5.69 Å². The molecule has 29 heavy (non-hydrogen) atoms. The van der Waals surface area contributed by atoms with Crippen LogP contribution < -0.4 is 10.1 Å². The highest BCUT2D eigenvalue weighted by atomic mass is 28.3. The van der Waals surface area contributed by atoms with E-state index in [-0.39, 0.29) is 10.8 Å². The molecule has 0 aromatic heterocycles. The number of anilines is 1. The number of aryl methyl sites for hydroxylation is 1. The predicted molar refractivity (Wildman–Crippen MR) is 132 cm³/mol. The van der Waals surface area contributed by atoms with Crippen molar-refractivity contribution in [3.8, 4) is 5.75 Å². The van der Waals surface area contributed by atoms with Crippen LogP contribution in [0.3, 0.4) is 0 Å². The highest BCUT2D eigenvalue weighted by Crippen LogP contribution is 2.40. The van der Waals surface area contributed by atoms with Crippen molar-refractivity contribution < 1.29 is 5.11 Å². The van der Waals surface area contributed by atoms with E-state index >= 15 is 0 Å². The van der Waals surface area contributed by atoms with Crippen LogP contribution in [0.25, 0.3) is 0 Å². The molecule has 2 aromatic rings. The summed E-state index contributed by atoms with van der Waals surface area (Å²) < 4.78 is 0. The summed E-state index contributed by atoms with van der Waals surface area (Å²) in [5.41, 5.74) is 4.58. The second-order valence-electron chi connectivity index (χ2n) is 11.4. The minimum absolute atomic E-state index is 0.0744. The fraction of sp³-hybridized carbons (Fsp3) is 0.538. The van der Waals surface area contributed by atoms with Gasteiger partial charge >= 0.3 is 0 Å². The molecular formula is C26H41NOSi. The number of benzene rings is 2. The first-order valence-corrected chi connectivity index (χ1v) is 14.0. The summed E-state index contributed by atoms with van der Waals surface area (Å²) in [6, 6.07) is 14.8. The Morgan fingerprint density at radius 1 is 0.828 bits per heavy atom. The monoisotopic (exact) mass is 411 g/mol. The Labute approximate surface area is 180 Å². The van der Waals surface area contributed by atoms with Gasteiger partial charge in [0.05, 0.1) is 8.07 Å². The van der Waals surface area contributed by atoms with Gasteiger partial charge in [-0.25, -0.2) is 0 Å². The molecule has 0 radical (unpaired) electrons. The molecule has 0 saturated carbocycles. The van der Waals surface area contributed by atoms with E-state index < -0.39 is 8.07 Å². The lowest BCUT2D eigenvalue weighted by atomic mass is 9.78. The second-order valence-corrected chi connectivity index (χ2v) is 16.2. The molecule has 0 saturated heterocycles. The summed E-state index contributed by atoms with van der Waals surface area (Å²) in [7, 11) is 2.63. The lowest BCUT2D eigenvalue weighted by molar-refractivity contribution is 0.422. The zero-order valence-electron chi connectivity index (χ0n) is 20.3. The van der Waals surface area contributed by atoms with E-state index in [1.165, 1.54) is 22.5 Å². The van der Waals surface area contributed by atoms with Crippen molar-refractivity contribution in [2.45, 2.75) is 77.9 Å². The molecular weight excluding hydrogens is 370 g/mol. The molecule has 0 bridgehead atoms. The zero-order chi connectivity index (χ0) is 22.2. The normalized spacial score (nSPS) is 12.9. The number of nitrogens with zero attached hydrogens (tertiary/aromatic N) is 1. The van der Waals surface area contributed by atoms with Gasteiger partial charge in [-0.1, -0.05) is 84.1 Å². The van der Waals surface area contributed by atoms with E-state index in [4.69, 9.17) is 0 Å². The summed E-state index contributed by atoms with van der Waals surface area (Å²) in [5.74, 6) is 0.476. The molecule has 0 fully saturated rings. The maximum absolute atomic E-state index is 11.0. The van der Waals surface area contributed by atoms with Crippen LogP contribution in [-0.2, 0) is 17.3 Å². The highest BCUT2D eigenvalue weighted by molar-refractivity contribution is 6.89. The highest BCUT2D eigenvalue weighted by Gasteiger charge is 2.28. The van der Waals surface area contributed by atoms with Gasteiger partial charge in [0, 0.05) is 19.8 Å². The maximum atomic E-state index is 11.0. The summed E-state index contributed by atoms with van der Waals surface area (Å²) in [6.07, 6.45) is 1.06. The van der Waals surface area contributed by atoms with E-state index in [9.17, 15) is 5.11 Å². The molecule has 3 heteroatoms. The average molecular weight is 412 g/mol. The summed E-state index contributed by atoms with van der Waals surface area (Å²) >= 11 is 0. The number of phenols is 1. The van der Waals surface area contributed by atoms with Crippen molar-refractivity contribution in [1.29, 1.82) is 0 Å². The average Bonchev–Trinajstić information content (AvgIpc) is 2.59. The fourth-order valence-electron chi connectivity index (χ4n) is 3.79. The third-order valence-electron chi connectivity index (χ3n) is 5.99. The molecule has 0 aliphatic carbocycles. The van der Waals surface area contributed by atoms with Crippen LogP contribution in [0, 0.1) is 0 Å². The minimum Gasteiger partial charge on any atom is -0.507 e. The Morgan fingerprint density at radius 2 is 1.28 bits per heavy atom. The Balaban J connectivity index is 2.33. The smallest absolute Gasteiger partial charge is 0.123 e. The molecule has 0 aliphatic heterocycles. The van der Waals surface area contributed by atoms with Gasteiger partial charge in [-0.2, -0.15) is 0 Å². The zero-order valence-corrected chi connectivity index (χ0v) is 21.3. The van der Waals surface area contributed by atoms with Gasteiger partial charge in [-0.15, -0.1) is 0 Å². The lowest BCUT2D eigenvalue weighted by Crippen LogP contribution is -2.41. The molecule has 2 nitrogen and oxygen atoms in total. The molecule has 2 aromatic carbocycles. The van der Waals surface area contributed by atoms with Gasteiger partial charge in [0.1, 0.15) is 5.75 Å². The fourth-order valence-corrected chi connectivity index (χ4v) is 6.07. The predicted octanol–water partition coefficient (Wildman–Crippen LogP) is 6.21. The van der Waals surface area contributed by atoms with Crippen molar-refractivity contribution in [3.63, 3.8) is 0 Å². The number of hydrogen-bond acceptors (Lipinski definition) is 2. The van der Waals surface area contributed by atoms with E-state index in [2.05, 4.69) is 110 Å². The first-order chi connectivity index (χ1) is 13.1. The summed E-state index contributed by atoms with van der Waals surface area (Å²) in [4.78, 5) is 2.15.